The molecule has 0 fully saturated rings. The molecule has 0 amide bonds. The van der Waals surface area contributed by atoms with E-state index in [0.29, 0.717) is 28.8 Å². The molecule has 0 bridgehead atoms. The van der Waals surface area contributed by atoms with Gasteiger partial charge in [-0.1, -0.05) is 20.3 Å². The fourth-order valence-electron chi connectivity index (χ4n) is 3.96. The molecule has 0 aliphatic carbocycles. The summed E-state index contributed by atoms with van der Waals surface area (Å²) in [6.45, 7) is 7.82. The number of aromatic nitrogens is 4. The Hall–Kier alpha value is -2.58. The van der Waals surface area contributed by atoms with Crippen LogP contribution >= 0.6 is 12.4 Å². The Morgan fingerprint density at radius 2 is 1.97 bits per heavy atom. The van der Waals surface area contributed by atoms with Gasteiger partial charge in [0, 0.05) is 23.7 Å². The quantitative estimate of drug-likeness (QED) is 0.546. The zero-order chi connectivity index (χ0) is 22.1. The van der Waals surface area contributed by atoms with E-state index >= 15 is 4.39 Å². The van der Waals surface area contributed by atoms with E-state index < -0.39 is 17.2 Å². The number of nitrogens with zero attached hydrogens (tertiary/aromatic N) is 4. The van der Waals surface area contributed by atoms with Crippen LogP contribution in [0.2, 0.25) is 0 Å². The lowest BCUT2D eigenvalue weighted by molar-refractivity contribution is -0.149. The number of carbonyl (C=O) groups is 1. The van der Waals surface area contributed by atoms with Gasteiger partial charge in [-0.25, -0.2) is 19.3 Å². The van der Waals surface area contributed by atoms with E-state index in [4.69, 9.17) is 10.5 Å². The third-order valence-corrected chi connectivity index (χ3v) is 5.96. The highest BCUT2D eigenvalue weighted by Gasteiger charge is 2.46. The fourth-order valence-corrected chi connectivity index (χ4v) is 3.96. The van der Waals surface area contributed by atoms with Crippen molar-refractivity contribution in [2.24, 2.45) is 11.7 Å². The molecule has 2 atom stereocenters. The second kappa shape index (κ2) is 9.70. The number of halogens is 2. The van der Waals surface area contributed by atoms with E-state index in [9.17, 15) is 4.79 Å². The van der Waals surface area contributed by atoms with Crippen molar-refractivity contribution in [3.8, 4) is 11.3 Å². The molecule has 0 aliphatic heterocycles. The van der Waals surface area contributed by atoms with Crippen molar-refractivity contribution >= 4 is 29.5 Å². The van der Waals surface area contributed by atoms with Crippen LogP contribution in [0.4, 0.5) is 4.39 Å². The van der Waals surface area contributed by atoms with Gasteiger partial charge in [-0.05, 0) is 38.0 Å². The van der Waals surface area contributed by atoms with Crippen molar-refractivity contribution in [1.82, 2.24) is 19.5 Å². The summed E-state index contributed by atoms with van der Waals surface area (Å²) in [5.74, 6) is -1.29. The molecule has 1 unspecified atom stereocenters. The maximum Gasteiger partial charge on any atom is 0.317 e. The summed E-state index contributed by atoms with van der Waals surface area (Å²) < 4.78 is 22.1. The van der Waals surface area contributed by atoms with Gasteiger partial charge < -0.3 is 15.0 Å². The lowest BCUT2D eigenvalue weighted by Gasteiger charge is -2.36. The van der Waals surface area contributed by atoms with Crippen molar-refractivity contribution < 1.29 is 13.9 Å². The topological polar surface area (TPSA) is 95.9 Å². The lowest BCUT2D eigenvalue weighted by atomic mass is 9.69. The smallest absolute Gasteiger partial charge is 0.317 e. The van der Waals surface area contributed by atoms with Gasteiger partial charge in [-0.15, -0.1) is 12.4 Å². The van der Waals surface area contributed by atoms with Crippen LogP contribution in [0.5, 0.6) is 0 Å². The van der Waals surface area contributed by atoms with Crippen LogP contribution in [0, 0.1) is 11.7 Å². The van der Waals surface area contributed by atoms with E-state index in [1.807, 2.05) is 32.3 Å². The SMILES string of the molecule is CC[C@H](C)C(CN)(C(=O)OC)c1cc(-c2ncnc3c2ncn3C(C)C)ccc1F.Cl. The molecule has 0 saturated heterocycles. The molecule has 3 aromatic rings. The van der Waals surface area contributed by atoms with Crippen LogP contribution < -0.4 is 5.73 Å². The normalized spacial score (nSPS) is 14.2. The average molecular weight is 450 g/mol. The lowest BCUT2D eigenvalue weighted by Crippen LogP contribution is -2.49. The molecule has 1 aromatic carbocycles. The highest BCUT2D eigenvalue weighted by Crippen LogP contribution is 2.39. The molecule has 31 heavy (non-hydrogen) atoms. The van der Waals surface area contributed by atoms with Gasteiger partial charge in [0.25, 0.3) is 0 Å². The first kappa shape index (κ1) is 24.7. The average Bonchev–Trinajstić information content (AvgIpc) is 3.19. The number of hydrogen-bond acceptors (Lipinski definition) is 6. The Morgan fingerprint density at radius 1 is 1.26 bits per heavy atom. The van der Waals surface area contributed by atoms with Gasteiger partial charge >= 0.3 is 5.97 Å². The first-order valence-corrected chi connectivity index (χ1v) is 10.1. The van der Waals surface area contributed by atoms with Crippen LogP contribution in [0.15, 0.2) is 30.9 Å². The molecule has 0 saturated carbocycles. The number of rotatable bonds is 7. The van der Waals surface area contributed by atoms with Gasteiger partial charge in [0.1, 0.15) is 28.8 Å². The first-order valence-electron chi connectivity index (χ1n) is 10.1. The number of nitrogens with two attached hydrogens (primary N) is 1. The summed E-state index contributed by atoms with van der Waals surface area (Å²) in [5, 5.41) is 0. The number of benzene rings is 1. The molecule has 7 nitrogen and oxygen atoms in total. The van der Waals surface area contributed by atoms with Crippen molar-refractivity contribution in [3.05, 3.63) is 42.2 Å². The number of esters is 1. The minimum atomic E-state index is -1.30. The van der Waals surface area contributed by atoms with Crippen LogP contribution in [0.25, 0.3) is 22.4 Å². The molecule has 2 N–H and O–H groups in total. The van der Waals surface area contributed by atoms with Gasteiger partial charge in [0.05, 0.1) is 13.4 Å². The summed E-state index contributed by atoms with van der Waals surface area (Å²) >= 11 is 0. The highest BCUT2D eigenvalue weighted by molar-refractivity contribution is 5.89. The molecular weight excluding hydrogens is 421 g/mol. The number of methoxy groups -OCH3 is 1. The van der Waals surface area contributed by atoms with Gasteiger partial charge in [-0.2, -0.15) is 0 Å². The fraction of sp³-hybridized carbons (Fsp3) is 0.455. The number of imidazole rings is 1. The largest absolute Gasteiger partial charge is 0.468 e. The van der Waals surface area contributed by atoms with Crippen LogP contribution in [0.1, 0.15) is 45.7 Å². The van der Waals surface area contributed by atoms with Gasteiger partial charge in [-0.3, -0.25) is 4.79 Å². The summed E-state index contributed by atoms with van der Waals surface area (Å²) in [6, 6.07) is 4.79. The Labute approximate surface area is 187 Å². The zero-order valence-electron chi connectivity index (χ0n) is 18.4. The van der Waals surface area contributed by atoms with E-state index in [2.05, 4.69) is 15.0 Å². The number of fused-ring (bicyclic) bond motifs is 1. The molecule has 168 valence electrons. The molecule has 0 radical (unpaired) electrons. The van der Waals surface area contributed by atoms with Crippen LogP contribution in [-0.2, 0) is 14.9 Å². The molecule has 0 aliphatic rings. The summed E-state index contributed by atoms with van der Waals surface area (Å²) in [7, 11) is 1.30. The van der Waals surface area contributed by atoms with Crippen molar-refractivity contribution in [1.29, 1.82) is 0 Å². The minimum absolute atomic E-state index is 0. The molecule has 2 heterocycles. The maximum absolute atomic E-state index is 15.1. The molecule has 0 spiro atoms. The Bertz CT molecular complexity index is 1070. The number of ether oxygens (including phenoxy) is 1. The summed E-state index contributed by atoms with van der Waals surface area (Å²) in [4.78, 5) is 26.1. The molecule has 2 aromatic heterocycles. The predicted octanol–water partition coefficient (Wildman–Crippen LogP) is 4.05. The minimum Gasteiger partial charge on any atom is -0.468 e. The first-order chi connectivity index (χ1) is 14.3. The van der Waals surface area contributed by atoms with E-state index in [1.165, 1.54) is 19.5 Å². The molecule has 9 heteroatoms. The Balaban J connectivity index is 0.00000341. The summed E-state index contributed by atoms with van der Waals surface area (Å²) in [5.41, 5.74) is 7.49. The van der Waals surface area contributed by atoms with E-state index in [0.717, 1.165) is 0 Å². The van der Waals surface area contributed by atoms with E-state index in [1.54, 1.807) is 18.5 Å². The second-order valence-corrected chi connectivity index (χ2v) is 7.81. The highest BCUT2D eigenvalue weighted by atomic mass is 35.5. The standard InChI is InChI=1S/C22H28FN5O2.ClH/c1-6-14(4)22(10-24,21(29)30-5)16-9-15(7-8-17(16)23)18-19-20(26-11-25-18)28(12-27-19)13(2)3;/h7-9,11-14H,6,10,24H2,1-5H3;1H/t14-,22?;/m0./s1. The summed E-state index contributed by atoms with van der Waals surface area (Å²) in [6.07, 6.45) is 3.81. The van der Waals surface area contributed by atoms with Crippen molar-refractivity contribution in [3.63, 3.8) is 0 Å². The van der Waals surface area contributed by atoms with Crippen molar-refractivity contribution in [2.45, 2.75) is 45.6 Å². The Morgan fingerprint density at radius 3 is 2.55 bits per heavy atom. The third kappa shape index (κ3) is 4.02. The maximum atomic E-state index is 15.1. The van der Waals surface area contributed by atoms with Crippen LogP contribution in [-0.4, -0.2) is 39.1 Å². The Kier molecular flexibility index (Phi) is 7.72. The van der Waals surface area contributed by atoms with Gasteiger partial charge in [0.15, 0.2) is 5.65 Å². The predicted molar refractivity (Wildman–Crippen MR) is 121 cm³/mol. The van der Waals surface area contributed by atoms with E-state index in [-0.39, 0.29) is 36.5 Å². The molecule has 3 rings (SSSR count). The monoisotopic (exact) mass is 449 g/mol. The van der Waals surface area contributed by atoms with Crippen LogP contribution in [0.3, 0.4) is 0 Å². The number of carbonyl (C=O) groups excluding carboxylic acids is 1. The number of hydrogen-bond donors (Lipinski definition) is 1. The second-order valence-electron chi connectivity index (χ2n) is 7.81. The van der Waals surface area contributed by atoms with Gasteiger partial charge in [0.2, 0.25) is 0 Å². The molecular formula is C22H29ClFN5O2. The third-order valence-electron chi connectivity index (χ3n) is 5.96. The van der Waals surface area contributed by atoms with Crippen molar-refractivity contribution in [2.75, 3.05) is 13.7 Å². The zero-order valence-corrected chi connectivity index (χ0v) is 19.2.